The number of hydrogen-bond donors (Lipinski definition) is 0. The third-order valence-corrected chi connectivity index (χ3v) is 2.77. The standard InChI is InChI=1S/C14H12ClNO/c15-13-3-1-2-12(10-13)14(17)5-4-11-6-8-16-9-7-11/h1-3,6-10H,4-5H2. The SMILES string of the molecule is O=C(CCc1ccncc1)c1cccc(Cl)c1. The summed E-state index contributed by atoms with van der Waals surface area (Å²) in [5, 5.41) is 0.597. The van der Waals surface area contributed by atoms with E-state index in [0.717, 1.165) is 12.0 Å². The summed E-state index contributed by atoms with van der Waals surface area (Å²) in [6, 6.07) is 10.9. The van der Waals surface area contributed by atoms with E-state index in [1.165, 1.54) is 0 Å². The molecule has 0 radical (unpaired) electrons. The summed E-state index contributed by atoms with van der Waals surface area (Å²) in [5.41, 5.74) is 1.79. The molecule has 2 rings (SSSR count). The fourth-order valence-electron chi connectivity index (χ4n) is 1.61. The van der Waals surface area contributed by atoms with Crippen molar-refractivity contribution in [1.82, 2.24) is 4.98 Å². The molecule has 0 amide bonds. The van der Waals surface area contributed by atoms with E-state index in [1.807, 2.05) is 12.1 Å². The van der Waals surface area contributed by atoms with Crippen LogP contribution in [-0.4, -0.2) is 10.8 Å². The van der Waals surface area contributed by atoms with Crippen LogP contribution in [0, 0.1) is 0 Å². The number of ketones is 1. The highest BCUT2D eigenvalue weighted by atomic mass is 35.5. The van der Waals surface area contributed by atoms with Crippen LogP contribution in [0.1, 0.15) is 22.3 Å². The number of Topliss-reactive ketones (excluding diaryl/α,β-unsaturated/α-hetero) is 1. The van der Waals surface area contributed by atoms with Gasteiger partial charge in [-0.15, -0.1) is 0 Å². The number of halogens is 1. The average Bonchev–Trinajstić information content (AvgIpc) is 2.37. The molecule has 0 bridgehead atoms. The van der Waals surface area contributed by atoms with Crippen molar-refractivity contribution in [3.8, 4) is 0 Å². The second kappa shape index (κ2) is 5.60. The van der Waals surface area contributed by atoms with E-state index in [9.17, 15) is 4.79 Å². The van der Waals surface area contributed by atoms with Gasteiger partial charge in [0.15, 0.2) is 5.78 Å². The first-order valence-electron chi connectivity index (χ1n) is 5.43. The van der Waals surface area contributed by atoms with Crippen LogP contribution < -0.4 is 0 Å². The molecule has 1 aromatic heterocycles. The lowest BCUT2D eigenvalue weighted by atomic mass is 10.0. The fraction of sp³-hybridized carbons (Fsp3) is 0.143. The number of carbonyl (C=O) groups excluding carboxylic acids is 1. The van der Waals surface area contributed by atoms with Gasteiger partial charge < -0.3 is 0 Å². The Hall–Kier alpha value is -1.67. The monoisotopic (exact) mass is 245 g/mol. The number of hydrogen-bond acceptors (Lipinski definition) is 2. The number of aryl methyl sites for hydroxylation is 1. The van der Waals surface area contributed by atoms with Gasteiger partial charge in [-0.3, -0.25) is 9.78 Å². The van der Waals surface area contributed by atoms with Crippen LogP contribution in [0.15, 0.2) is 48.8 Å². The van der Waals surface area contributed by atoms with E-state index in [2.05, 4.69) is 4.98 Å². The molecule has 1 aromatic carbocycles. The summed E-state index contributed by atoms with van der Waals surface area (Å²) in [6.07, 6.45) is 4.69. The number of rotatable bonds is 4. The van der Waals surface area contributed by atoms with Gasteiger partial charge in [0.1, 0.15) is 0 Å². The van der Waals surface area contributed by atoms with Crippen LogP contribution in [0.25, 0.3) is 0 Å². The lowest BCUT2D eigenvalue weighted by molar-refractivity contribution is 0.0983. The van der Waals surface area contributed by atoms with Gasteiger partial charge in [-0.2, -0.15) is 0 Å². The van der Waals surface area contributed by atoms with E-state index < -0.39 is 0 Å². The largest absolute Gasteiger partial charge is 0.294 e. The van der Waals surface area contributed by atoms with Crippen molar-refractivity contribution in [1.29, 1.82) is 0 Å². The molecule has 2 nitrogen and oxygen atoms in total. The predicted molar refractivity (Wildman–Crippen MR) is 68.3 cm³/mol. The van der Waals surface area contributed by atoms with E-state index >= 15 is 0 Å². The molecule has 0 spiro atoms. The summed E-state index contributed by atoms with van der Waals surface area (Å²) >= 11 is 5.85. The first-order valence-corrected chi connectivity index (χ1v) is 5.81. The number of nitrogens with zero attached hydrogens (tertiary/aromatic N) is 1. The van der Waals surface area contributed by atoms with Crippen molar-refractivity contribution in [2.24, 2.45) is 0 Å². The highest BCUT2D eigenvalue weighted by Gasteiger charge is 2.06. The number of benzene rings is 1. The molecule has 0 saturated heterocycles. The minimum absolute atomic E-state index is 0.115. The summed E-state index contributed by atoms with van der Waals surface area (Å²) in [7, 11) is 0. The van der Waals surface area contributed by atoms with E-state index in [4.69, 9.17) is 11.6 Å². The van der Waals surface area contributed by atoms with Gasteiger partial charge in [0, 0.05) is 29.4 Å². The highest BCUT2D eigenvalue weighted by Crippen LogP contribution is 2.13. The zero-order valence-electron chi connectivity index (χ0n) is 9.27. The second-order valence-corrected chi connectivity index (χ2v) is 4.23. The normalized spacial score (nSPS) is 10.2. The molecule has 0 aliphatic heterocycles. The van der Waals surface area contributed by atoms with Crippen molar-refractivity contribution in [2.75, 3.05) is 0 Å². The lowest BCUT2D eigenvalue weighted by Gasteiger charge is -2.02. The molecular weight excluding hydrogens is 234 g/mol. The molecule has 0 aliphatic carbocycles. The quantitative estimate of drug-likeness (QED) is 0.771. The van der Waals surface area contributed by atoms with E-state index in [-0.39, 0.29) is 5.78 Å². The van der Waals surface area contributed by atoms with Gasteiger partial charge in [-0.1, -0.05) is 23.7 Å². The van der Waals surface area contributed by atoms with Crippen LogP contribution >= 0.6 is 11.6 Å². The Morgan fingerprint density at radius 2 is 1.94 bits per heavy atom. The Kier molecular flexibility index (Phi) is 3.89. The summed E-state index contributed by atoms with van der Waals surface area (Å²) < 4.78 is 0. The first-order chi connectivity index (χ1) is 8.25. The van der Waals surface area contributed by atoms with Gasteiger partial charge in [-0.25, -0.2) is 0 Å². The Bertz CT molecular complexity index is 511. The molecule has 1 heterocycles. The van der Waals surface area contributed by atoms with Crippen molar-refractivity contribution in [2.45, 2.75) is 12.8 Å². The molecule has 0 atom stereocenters. The zero-order chi connectivity index (χ0) is 12.1. The van der Waals surface area contributed by atoms with Crippen LogP contribution in [0.2, 0.25) is 5.02 Å². The average molecular weight is 246 g/mol. The second-order valence-electron chi connectivity index (χ2n) is 3.79. The van der Waals surface area contributed by atoms with E-state index in [0.29, 0.717) is 17.0 Å². The molecule has 3 heteroatoms. The molecule has 0 aliphatic rings. The summed E-state index contributed by atoms with van der Waals surface area (Å²) in [4.78, 5) is 15.8. The number of carbonyl (C=O) groups is 1. The third-order valence-electron chi connectivity index (χ3n) is 2.54. The smallest absolute Gasteiger partial charge is 0.163 e. The topological polar surface area (TPSA) is 30.0 Å². The van der Waals surface area contributed by atoms with Crippen LogP contribution in [0.4, 0.5) is 0 Å². The lowest BCUT2D eigenvalue weighted by Crippen LogP contribution is -2.01. The number of pyridine rings is 1. The molecule has 0 N–H and O–H groups in total. The maximum atomic E-state index is 11.9. The Labute approximate surface area is 105 Å². The van der Waals surface area contributed by atoms with Crippen molar-refractivity contribution in [3.05, 3.63) is 64.9 Å². The molecular formula is C14H12ClNO. The maximum absolute atomic E-state index is 11.9. The first kappa shape index (κ1) is 11.8. The van der Waals surface area contributed by atoms with Crippen LogP contribution in [-0.2, 0) is 6.42 Å². The maximum Gasteiger partial charge on any atom is 0.163 e. The van der Waals surface area contributed by atoms with Gasteiger partial charge in [0.25, 0.3) is 0 Å². The molecule has 86 valence electrons. The highest BCUT2D eigenvalue weighted by molar-refractivity contribution is 6.31. The fourth-order valence-corrected chi connectivity index (χ4v) is 1.80. The molecule has 0 fully saturated rings. The molecule has 17 heavy (non-hydrogen) atoms. The van der Waals surface area contributed by atoms with Gasteiger partial charge in [-0.05, 0) is 36.2 Å². The predicted octanol–water partition coefficient (Wildman–Crippen LogP) is 3.55. The van der Waals surface area contributed by atoms with Crippen molar-refractivity contribution >= 4 is 17.4 Å². The van der Waals surface area contributed by atoms with Crippen molar-refractivity contribution < 1.29 is 4.79 Å². The summed E-state index contributed by atoms with van der Waals surface area (Å²) in [6.45, 7) is 0. The number of aromatic nitrogens is 1. The van der Waals surface area contributed by atoms with Crippen LogP contribution in [0.3, 0.4) is 0 Å². The summed E-state index contributed by atoms with van der Waals surface area (Å²) in [5.74, 6) is 0.115. The Morgan fingerprint density at radius 3 is 2.65 bits per heavy atom. The Balaban J connectivity index is 1.98. The minimum atomic E-state index is 0.115. The van der Waals surface area contributed by atoms with E-state index in [1.54, 1.807) is 36.7 Å². The van der Waals surface area contributed by atoms with Gasteiger partial charge >= 0.3 is 0 Å². The molecule has 0 saturated carbocycles. The minimum Gasteiger partial charge on any atom is -0.294 e. The van der Waals surface area contributed by atoms with Gasteiger partial charge in [0.05, 0.1) is 0 Å². The zero-order valence-corrected chi connectivity index (χ0v) is 10.0. The molecule has 0 unspecified atom stereocenters. The molecule has 2 aromatic rings. The van der Waals surface area contributed by atoms with Crippen LogP contribution in [0.5, 0.6) is 0 Å². The van der Waals surface area contributed by atoms with Gasteiger partial charge in [0.2, 0.25) is 0 Å². The van der Waals surface area contributed by atoms with Crippen molar-refractivity contribution in [3.63, 3.8) is 0 Å². The Morgan fingerprint density at radius 1 is 1.18 bits per heavy atom. The third kappa shape index (κ3) is 3.40.